The van der Waals surface area contributed by atoms with E-state index in [9.17, 15) is 4.39 Å². The molecule has 2 heterocycles. The maximum atomic E-state index is 13.9. The molecule has 0 amide bonds. The fourth-order valence-corrected chi connectivity index (χ4v) is 2.90. The van der Waals surface area contributed by atoms with Crippen LogP contribution in [0.3, 0.4) is 0 Å². The second-order valence-corrected chi connectivity index (χ2v) is 5.70. The maximum Gasteiger partial charge on any atom is 0.131 e. The van der Waals surface area contributed by atoms with E-state index >= 15 is 0 Å². The molecule has 0 atom stereocenters. The van der Waals surface area contributed by atoms with Gasteiger partial charge in [-0.15, -0.1) is 11.3 Å². The molecule has 0 aliphatic rings. The Balaban J connectivity index is 1.68. The molecule has 4 heteroatoms. The SMILES string of the molecule is Fc1ccc(CNCc2ccncc2)cc1-c1cccs1. The normalized spacial score (nSPS) is 10.7. The first kappa shape index (κ1) is 13.9. The Labute approximate surface area is 127 Å². The lowest BCUT2D eigenvalue weighted by Crippen LogP contribution is -2.12. The van der Waals surface area contributed by atoms with E-state index in [0.717, 1.165) is 17.0 Å². The van der Waals surface area contributed by atoms with E-state index in [1.165, 1.54) is 5.56 Å². The molecule has 0 aliphatic heterocycles. The van der Waals surface area contributed by atoms with Gasteiger partial charge < -0.3 is 5.32 Å². The number of pyridine rings is 1. The lowest BCUT2D eigenvalue weighted by molar-refractivity contribution is 0.629. The van der Waals surface area contributed by atoms with Crippen LogP contribution in [0.25, 0.3) is 10.4 Å². The molecule has 3 aromatic rings. The average Bonchev–Trinajstić information content (AvgIpc) is 3.04. The van der Waals surface area contributed by atoms with Gasteiger partial charge >= 0.3 is 0 Å². The van der Waals surface area contributed by atoms with Gasteiger partial charge in [-0.2, -0.15) is 0 Å². The standard InChI is InChI=1S/C17H15FN2S/c18-16-4-3-14(10-15(16)17-2-1-9-21-17)12-20-11-13-5-7-19-8-6-13/h1-10,20H,11-12H2. The number of nitrogens with one attached hydrogen (secondary N) is 1. The minimum absolute atomic E-state index is 0.171. The second kappa shape index (κ2) is 6.61. The van der Waals surface area contributed by atoms with Gasteiger partial charge in [-0.1, -0.05) is 12.1 Å². The van der Waals surface area contributed by atoms with E-state index < -0.39 is 0 Å². The van der Waals surface area contributed by atoms with Crippen LogP contribution in [0, 0.1) is 5.82 Å². The Hall–Kier alpha value is -2.04. The monoisotopic (exact) mass is 298 g/mol. The summed E-state index contributed by atoms with van der Waals surface area (Å²) in [5.74, 6) is -0.171. The van der Waals surface area contributed by atoms with Crippen LogP contribution in [0.15, 0.2) is 60.2 Å². The average molecular weight is 298 g/mol. The molecule has 0 radical (unpaired) electrons. The van der Waals surface area contributed by atoms with E-state index in [0.29, 0.717) is 12.1 Å². The number of thiophene rings is 1. The molecule has 0 spiro atoms. The molecule has 0 bridgehead atoms. The molecule has 21 heavy (non-hydrogen) atoms. The van der Waals surface area contributed by atoms with E-state index in [1.807, 2.05) is 41.8 Å². The summed E-state index contributed by atoms with van der Waals surface area (Å²) in [6.45, 7) is 1.48. The minimum atomic E-state index is -0.171. The molecule has 0 aliphatic carbocycles. The highest BCUT2D eigenvalue weighted by Gasteiger charge is 2.07. The van der Waals surface area contributed by atoms with Crippen molar-refractivity contribution in [3.8, 4) is 10.4 Å². The number of rotatable bonds is 5. The first-order valence-electron chi connectivity index (χ1n) is 6.75. The van der Waals surface area contributed by atoms with Gasteiger partial charge in [-0.05, 0) is 46.8 Å². The van der Waals surface area contributed by atoms with E-state index in [2.05, 4.69) is 10.3 Å². The van der Waals surface area contributed by atoms with Gasteiger partial charge in [-0.3, -0.25) is 4.98 Å². The van der Waals surface area contributed by atoms with Gasteiger partial charge in [0.2, 0.25) is 0 Å². The second-order valence-electron chi connectivity index (χ2n) is 4.75. The highest BCUT2D eigenvalue weighted by atomic mass is 32.1. The number of benzene rings is 1. The Morgan fingerprint density at radius 3 is 2.57 bits per heavy atom. The van der Waals surface area contributed by atoms with Crippen molar-refractivity contribution in [1.29, 1.82) is 0 Å². The summed E-state index contributed by atoms with van der Waals surface area (Å²) in [6, 6.07) is 13.1. The summed E-state index contributed by atoms with van der Waals surface area (Å²) in [7, 11) is 0. The zero-order chi connectivity index (χ0) is 14.5. The van der Waals surface area contributed by atoms with Gasteiger partial charge in [0.1, 0.15) is 5.82 Å². The third kappa shape index (κ3) is 3.54. The fraction of sp³-hybridized carbons (Fsp3) is 0.118. The van der Waals surface area contributed by atoms with Crippen molar-refractivity contribution in [2.75, 3.05) is 0 Å². The van der Waals surface area contributed by atoms with E-state index in [4.69, 9.17) is 0 Å². The predicted molar refractivity (Wildman–Crippen MR) is 84.5 cm³/mol. The Kier molecular flexibility index (Phi) is 4.38. The summed E-state index contributed by atoms with van der Waals surface area (Å²) in [5.41, 5.74) is 2.94. The summed E-state index contributed by atoms with van der Waals surface area (Å²) in [5, 5.41) is 5.32. The molecule has 3 rings (SSSR count). The minimum Gasteiger partial charge on any atom is -0.309 e. The van der Waals surface area contributed by atoms with Gasteiger partial charge in [0, 0.05) is 35.9 Å². The molecule has 1 N–H and O–H groups in total. The van der Waals surface area contributed by atoms with Crippen LogP contribution >= 0.6 is 11.3 Å². The molecule has 0 fully saturated rings. The van der Waals surface area contributed by atoms with Gasteiger partial charge in [0.05, 0.1) is 0 Å². The first-order valence-corrected chi connectivity index (χ1v) is 7.63. The smallest absolute Gasteiger partial charge is 0.131 e. The quantitative estimate of drug-likeness (QED) is 0.762. The van der Waals surface area contributed by atoms with E-state index in [1.54, 1.807) is 29.8 Å². The van der Waals surface area contributed by atoms with Gasteiger partial charge in [-0.25, -0.2) is 4.39 Å². The highest BCUT2D eigenvalue weighted by molar-refractivity contribution is 7.13. The van der Waals surface area contributed by atoms with Crippen molar-refractivity contribution in [2.24, 2.45) is 0 Å². The summed E-state index contributed by atoms with van der Waals surface area (Å²) in [4.78, 5) is 4.95. The zero-order valence-corrected chi connectivity index (χ0v) is 12.2. The molecule has 2 aromatic heterocycles. The van der Waals surface area contributed by atoms with Crippen LogP contribution in [0.5, 0.6) is 0 Å². The van der Waals surface area contributed by atoms with Crippen molar-refractivity contribution >= 4 is 11.3 Å². The predicted octanol–water partition coefficient (Wildman–Crippen LogP) is 4.24. The maximum absolute atomic E-state index is 13.9. The van der Waals surface area contributed by atoms with Crippen LogP contribution in [0.2, 0.25) is 0 Å². The number of aromatic nitrogens is 1. The Morgan fingerprint density at radius 1 is 1.00 bits per heavy atom. The molecule has 0 saturated carbocycles. The van der Waals surface area contributed by atoms with Crippen molar-refractivity contribution in [1.82, 2.24) is 10.3 Å². The molecule has 0 unspecified atom stereocenters. The van der Waals surface area contributed by atoms with Crippen LogP contribution in [-0.2, 0) is 13.1 Å². The summed E-state index contributed by atoms with van der Waals surface area (Å²) < 4.78 is 13.9. The topological polar surface area (TPSA) is 24.9 Å². The van der Waals surface area contributed by atoms with Crippen molar-refractivity contribution in [2.45, 2.75) is 13.1 Å². The number of hydrogen-bond donors (Lipinski definition) is 1. The fourth-order valence-electron chi connectivity index (χ4n) is 2.15. The van der Waals surface area contributed by atoms with Gasteiger partial charge in [0.15, 0.2) is 0 Å². The van der Waals surface area contributed by atoms with Crippen LogP contribution in [-0.4, -0.2) is 4.98 Å². The van der Waals surface area contributed by atoms with Crippen LogP contribution in [0.1, 0.15) is 11.1 Å². The first-order chi connectivity index (χ1) is 10.3. The Bertz CT molecular complexity index is 696. The molecule has 2 nitrogen and oxygen atoms in total. The molecular formula is C17H15FN2S. The number of hydrogen-bond acceptors (Lipinski definition) is 3. The molecular weight excluding hydrogens is 283 g/mol. The van der Waals surface area contributed by atoms with Crippen molar-refractivity contribution in [3.05, 3.63) is 77.2 Å². The lowest BCUT2D eigenvalue weighted by Gasteiger charge is -2.07. The number of nitrogens with zero attached hydrogens (tertiary/aromatic N) is 1. The van der Waals surface area contributed by atoms with Crippen molar-refractivity contribution in [3.63, 3.8) is 0 Å². The molecule has 106 valence electrons. The summed E-state index contributed by atoms with van der Waals surface area (Å²) in [6.07, 6.45) is 3.56. The largest absolute Gasteiger partial charge is 0.309 e. The zero-order valence-electron chi connectivity index (χ0n) is 11.4. The van der Waals surface area contributed by atoms with Crippen LogP contribution in [0.4, 0.5) is 4.39 Å². The highest BCUT2D eigenvalue weighted by Crippen LogP contribution is 2.28. The summed E-state index contributed by atoms with van der Waals surface area (Å²) >= 11 is 1.55. The lowest BCUT2D eigenvalue weighted by atomic mass is 10.1. The van der Waals surface area contributed by atoms with Crippen LogP contribution < -0.4 is 5.32 Å². The molecule has 0 saturated heterocycles. The third-order valence-corrected chi connectivity index (χ3v) is 4.13. The Morgan fingerprint density at radius 2 is 1.81 bits per heavy atom. The van der Waals surface area contributed by atoms with E-state index in [-0.39, 0.29) is 5.82 Å². The number of halogens is 1. The third-order valence-electron chi connectivity index (χ3n) is 3.23. The van der Waals surface area contributed by atoms with Gasteiger partial charge in [0.25, 0.3) is 0 Å². The molecule has 1 aromatic carbocycles. The van der Waals surface area contributed by atoms with Crippen molar-refractivity contribution < 1.29 is 4.39 Å².